The minimum Gasteiger partial charge on any atom is -0.493 e. The van der Waals surface area contributed by atoms with Gasteiger partial charge in [-0.05, 0) is 55.0 Å². The standard InChI is InChI=1S/C23H20N2O6/c1-4-12-31-19-11-6-15(14-20(19)29-3)13-18-21(26)24-25(22(18)27)17-9-7-16(8-10-17)23(28)30-5-2/h1,6-11,13-14H,5,12H2,2-3H3,(H,24,26). The second-order valence-corrected chi connectivity index (χ2v) is 6.31. The summed E-state index contributed by atoms with van der Waals surface area (Å²) >= 11 is 0. The van der Waals surface area contributed by atoms with Crippen molar-refractivity contribution in [2.75, 3.05) is 25.3 Å². The van der Waals surface area contributed by atoms with Crippen LogP contribution in [0.25, 0.3) is 6.08 Å². The van der Waals surface area contributed by atoms with Gasteiger partial charge in [-0.3, -0.25) is 15.0 Å². The van der Waals surface area contributed by atoms with Gasteiger partial charge in [-0.2, -0.15) is 0 Å². The first kappa shape index (κ1) is 21.5. The lowest BCUT2D eigenvalue weighted by Gasteiger charge is -2.14. The molecular formula is C23H20N2O6. The van der Waals surface area contributed by atoms with Gasteiger partial charge in [-0.25, -0.2) is 9.80 Å². The summed E-state index contributed by atoms with van der Waals surface area (Å²) in [6.45, 7) is 2.06. The number of esters is 1. The average molecular weight is 420 g/mol. The number of hydrogen-bond donors (Lipinski definition) is 1. The molecule has 2 amide bonds. The Labute approximate surface area is 179 Å². The Bertz CT molecular complexity index is 1080. The molecule has 158 valence electrons. The smallest absolute Gasteiger partial charge is 0.338 e. The molecule has 31 heavy (non-hydrogen) atoms. The van der Waals surface area contributed by atoms with E-state index < -0.39 is 17.8 Å². The zero-order chi connectivity index (χ0) is 22.4. The molecule has 3 rings (SSSR count). The van der Waals surface area contributed by atoms with E-state index in [2.05, 4.69) is 11.3 Å². The van der Waals surface area contributed by atoms with Crippen molar-refractivity contribution in [1.82, 2.24) is 5.43 Å². The van der Waals surface area contributed by atoms with Gasteiger partial charge in [0.15, 0.2) is 11.5 Å². The van der Waals surface area contributed by atoms with Crippen LogP contribution in [-0.4, -0.2) is 38.1 Å². The topological polar surface area (TPSA) is 94.2 Å². The molecule has 0 saturated carbocycles. The normalized spacial score (nSPS) is 14.2. The molecule has 0 bridgehead atoms. The van der Waals surface area contributed by atoms with Crippen molar-refractivity contribution in [3.05, 3.63) is 59.2 Å². The number of nitrogens with zero attached hydrogens (tertiary/aromatic N) is 1. The predicted octanol–water partition coefficient (Wildman–Crippen LogP) is 2.35. The maximum atomic E-state index is 12.8. The lowest BCUT2D eigenvalue weighted by atomic mass is 10.1. The average Bonchev–Trinajstić information content (AvgIpc) is 3.06. The molecule has 2 aromatic rings. The predicted molar refractivity (Wildman–Crippen MR) is 113 cm³/mol. The SMILES string of the molecule is C#CCOc1ccc(C=C2C(=O)NN(c3ccc(C(=O)OCC)cc3)C2=O)cc1OC. The lowest BCUT2D eigenvalue weighted by molar-refractivity contribution is -0.117. The molecule has 1 aliphatic rings. The number of anilines is 1. The highest BCUT2D eigenvalue weighted by Crippen LogP contribution is 2.30. The van der Waals surface area contributed by atoms with Crippen molar-refractivity contribution >= 4 is 29.5 Å². The van der Waals surface area contributed by atoms with Crippen molar-refractivity contribution in [1.29, 1.82) is 0 Å². The minimum absolute atomic E-state index is 0.0474. The van der Waals surface area contributed by atoms with Gasteiger partial charge in [0, 0.05) is 0 Å². The minimum atomic E-state index is -0.550. The third-order valence-electron chi connectivity index (χ3n) is 4.34. The first-order valence-corrected chi connectivity index (χ1v) is 9.37. The highest BCUT2D eigenvalue weighted by Gasteiger charge is 2.34. The third kappa shape index (κ3) is 4.67. The van der Waals surface area contributed by atoms with Crippen molar-refractivity contribution in [2.45, 2.75) is 6.92 Å². The van der Waals surface area contributed by atoms with E-state index in [9.17, 15) is 14.4 Å². The molecule has 1 heterocycles. The van der Waals surface area contributed by atoms with Gasteiger partial charge in [0.1, 0.15) is 12.2 Å². The fourth-order valence-electron chi connectivity index (χ4n) is 2.88. The van der Waals surface area contributed by atoms with Gasteiger partial charge in [-0.15, -0.1) is 6.42 Å². The van der Waals surface area contributed by atoms with E-state index in [0.29, 0.717) is 28.3 Å². The molecule has 2 aromatic carbocycles. The molecule has 0 aromatic heterocycles. The molecule has 1 fully saturated rings. The van der Waals surface area contributed by atoms with Gasteiger partial charge in [0.25, 0.3) is 11.8 Å². The van der Waals surface area contributed by atoms with E-state index in [1.54, 1.807) is 37.3 Å². The second-order valence-electron chi connectivity index (χ2n) is 6.31. The van der Waals surface area contributed by atoms with Crippen LogP contribution in [-0.2, 0) is 14.3 Å². The number of terminal acetylenes is 1. The van der Waals surface area contributed by atoms with Gasteiger partial charge in [0.2, 0.25) is 0 Å². The van der Waals surface area contributed by atoms with Crippen LogP contribution in [0, 0.1) is 12.3 Å². The molecule has 8 heteroatoms. The Morgan fingerprint density at radius 2 is 1.90 bits per heavy atom. The van der Waals surface area contributed by atoms with Gasteiger partial charge < -0.3 is 14.2 Å². The fourth-order valence-corrected chi connectivity index (χ4v) is 2.88. The first-order valence-electron chi connectivity index (χ1n) is 9.37. The van der Waals surface area contributed by atoms with Gasteiger partial charge in [0.05, 0.1) is 25.0 Å². The molecule has 8 nitrogen and oxygen atoms in total. The molecule has 1 saturated heterocycles. The van der Waals surface area contributed by atoms with Crippen LogP contribution in [0.1, 0.15) is 22.8 Å². The summed E-state index contributed by atoms with van der Waals surface area (Å²) in [7, 11) is 1.48. The highest BCUT2D eigenvalue weighted by atomic mass is 16.5. The van der Waals surface area contributed by atoms with Crippen LogP contribution in [0.15, 0.2) is 48.0 Å². The van der Waals surface area contributed by atoms with Gasteiger partial charge in [-0.1, -0.05) is 12.0 Å². The van der Waals surface area contributed by atoms with E-state index in [1.807, 2.05) is 0 Å². The van der Waals surface area contributed by atoms with E-state index >= 15 is 0 Å². The maximum Gasteiger partial charge on any atom is 0.338 e. The fraction of sp³-hybridized carbons (Fsp3) is 0.174. The van der Waals surface area contributed by atoms with Crippen molar-refractivity contribution in [2.24, 2.45) is 0 Å². The molecule has 0 radical (unpaired) electrons. The highest BCUT2D eigenvalue weighted by molar-refractivity contribution is 6.31. The molecule has 0 atom stereocenters. The Morgan fingerprint density at radius 1 is 1.16 bits per heavy atom. The monoisotopic (exact) mass is 420 g/mol. The van der Waals surface area contributed by atoms with Crippen molar-refractivity contribution in [3.63, 3.8) is 0 Å². The summed E-state index contributed by atoms with van der Waals surface area (Å²) in [5.41, 5.74) is 3.79. The van der Waals surface area contributed by atoms with E-state index in [0.717, 1.165) is 5.01 Å². The third-order valence-corrected chi connectivity index (χ3v) is 4.34. The molecule has 1 aliphatic heterocycles. The molecule has 0 unspecified atom stereocenters. The van der Waals surface area contributed by atoms with Crippen LogP contribution < -0.4 is 19.9 Å². The summed E-state index contributed by atoms with van der Waals surface area (Å²) in [6.07, 6.45) is 6.66. The van der Waals surface area contributed by atoms with Crippen LogP contribution in [0.4, 0.5) is 5.69 Å². The number of rotatable bonds is 7. The zero-order valence-electron chi connectivity index (χ0n) is 17.0. The van der Waals surface area contributed by atoms with Crippen LogP contribution in [0.3, 0.4) is 0 Å². The number of nitrogens with one attached hydrogen (secondary N) is 1. The number of carbonyl (C=O) groups excluding carboxylic acids is 3. The van der Waals surface area contributed by atoms with Crippen LogP contribution >= 0.6 is 0 Å². The number of hydrazine groups is 1. The summed E-state index contributed by atoms with van der Waals surface area (Å²) in [5.74, 6) is 1.70. The quantitative estimate of drug-likeness (QED) is 0.320. The maximum absolute atomic E-state index is 12.8. The molecule has 0 spiro atoms. The number of carbonyl (C=O) groups is 3. The number of ether oxygens (including phenoxy) is 3. The largest absolute Gasteiger partial charge is 0.493 e. The number of hydrogen-bond acceptors (Lipinski definition) is 6. The van der Waals surface area contributed by atoms with Gasteiger partial charge >= 0.3 is 5.97 Å². The molecule has 0 aliphatic carbocycles. The van der Waals surface area contributed by atoms with E-state index in [-0.39, 0.29) is 18.8 Å². The summed E-state index contributed by atoms with van der Waals surface area (Å²) in [6, 6.07) is 11.1. The Morgan fingerprint density at radius 3 is 2.55 bits per heavy atom. The van der Waals surface area contributed by atoms with Crippen LogP contribution in [0.2, 0.25) is 0 Å². The Kier molecular flexibility index (Phi) is 6.58. The second kappa shape index (κ2) is 9.50. The van der Waals surface area contributed by atoms with Crippen molar-refractivity contribution in [3.8, 4) is 23.8 Å². The van der Waals surface area contributed by atoms with Crippen LogP contribution in [0.5, 0.6) is 11.5 Å². The summed E-state index contributed by atoms with van der Waals surface area (Å²) < 4.78 is 15.6. The summed E-state index contributed by atoms with van der Waals surface area (Å²) in [5, 5.41) is 1.12. The number of methoxy groups -OCH3 is 1. The lowest BCUT2D eigenvalue weighted by Crippen LogP contribution is -2.35. The number of benzene rings is 2. The van der Waals surface area contributed by atoms with Crippen molar-refractivity contribution < 1.29 is 28.6 Å². The summed E-state index contributed by atoms with van der Waals surface area (Å²) in [4.78, 5) is 37.0. The molecular weight excluding hydrogens is 400 g/mol. The Balaban J connectivity index is 1.82. The number of amides is 2. The molecule has 1 N–H and O–H groups in total. The van der Waals surface area contributed by atoms with E-state index in [1.165, 1.54) is 25.3 Å². The first-order chi connectivity index (χ1) is 15.0. The van der Waals surface area contributed by atoms with E-state index in [4.69, 9.17) is 20.6 Å². The zero-order valence-corrected chi connectivity index (χ0v) is 17.0. The Hall–Kier alpha value is -4.25.